The summed E-state index contributed by atoms with van der Waals surface area (Å²) in [5.74, 6) is -0.520. The fraction of sp³-hybridized carbons (Fsp3) is 0.244. The Morgan fingerprint density at radius 3 is 2.27 bits per heavy atom. The number of nitrogens with one attached hydrogen (secondary N) is 1. The lowest BCUT2D eigenvalue weighted by atomic mass is 9.83. The van der Waals surface area contributed by atoms with E-state index in [2.05, 4.69) is 34.4 Å². The summed E-state index contributed by atoms with van der Waals surface area (Å²) in [7, 11) is 2.09. The predicted octanol–water partition coefficient (Wildman–Crippen LogP) is 7.14. The van der Waals surface area contributed by atoms with Crippen LogP contribution in [0.5, 0.6) is 0 Å². The third-order valence-electron chi connectivity index (χ3n) is 8.89. The summed E-state index contributed by atoms with van der Waals surface area (Å²) in [6.07, 6.45) is 1.21. The minimum Gasteiger partial charge on any atom is -0.392 e. The number of ketones is 1. The van der Waals surface area contributed by atoms with E-state index in [1.54, 1.807) is 36.4 Å². The molecule has 1 saturated heterocycles. The van der Waals surface area contributed by atoms with E-state index in [4.69, 9.17) is 9.47 Å². The Balaban J connectivity index is 1.31. The smallest absolute Gasteiger partial charge is 0.255 e. The molecule has 8 heteroatoms. The highest BCUT2D eigenvalue weighted by atomic mass is 16.7. The van der Waals surface area contributed by atoms with Crippen molar-refractivity contribution in [2.45, 2.75) is 44.4 Å². The number of pyridine rings is 1. The van der Waals surface area contributed by atoms with Gasteiger partial charge in [-0.25, -0.2) is 0 Å². The molecule has 8 nitrogen and oxygen atoms in total. The first-order valence-corrected chi connectivity index (χ1v) is 16.5. The van der Waals surface area contributed by atoms with Crippen molar-refractivity contribution in [3.8, 4) is 0 Å². The molecular weight excluding hydrogens is 614 g/mol. The average molecular weight is 656 g/mol. The summed E-state index contributed by atoms with van der Waals surface area (Å²) in [6.45, 7) is 2.87. The predicted molar refractivity (Wildman–Crippen MR) is 189 cm³/mol. The van der Waals surface area contributed by atoms with Crippen molar-refractivity contribution in [1.82, 2.24) is 9.88 Å². The zero-order valence-corrected chi connectivity index (χ0v) is 27.7. The number of rotatable bonds is 12. The van der Waals surface area contributed by atoms with Gasteiger partial charge in [0, 0.05) is 59.7 Å². The molecule has 1 aliphatic heterocycles. The lowest BCUT2D eigenvalue weighted by Crippen LogP contribution is -2.43. The number of aliphatic hydroxyl groups excluding tert-OH is 1. The Bertz CT molecular complexity index is 1850. The molecule has 250 valence electrons. The zero-order valence-electron chi connectivity index (χ0n) is 27.7. The number of hydrogen-bond donors (Lipinski definition) is 2. The molecule has 49 heavy (non-hydrogen) atoms. The highest BCUT2D eigenvalue weighted by molar-refractivity contribution is 6.05. The van der Waals surface area contributed by atoms with E-state index in [1.807, 2.05) is 79.0 Å². The van der Waals surface area contributed by atoms with Gasteiger partial charge in [0.25, 0.3) is 5.91 Å². The minimum atomic E-state index is -0.759. The van der Waals surface area contributed by atoms with E-state index >= 15 is 0 Å². The van der Waals surface area contributed by atoms with Crippen molar-refractivity contribution >= 4 is 17.4 Å². The van der Waals surface area contributed by atoms with E-state index < -0.39 is 6.29 Å². The lowest BCUT2D eigenvalue weighted by molar-refractivity contribution is -0.263. The fourth-order valence-corrected chi connectivity index (χ4v) is 6.26. The van der Waals surface area contributed by atoms with Gasteiger partial charge in [-0.15, -0.1) is 0 Å². The summed E-state index contributed by atoms with van der Waals surface area (Å²) in [6, 6.07) is 38.3. The second-order valence-corrected chi connectivity index (χ2v) is 12.4. The van der Waals surface area contributed by atoms with Crippen LogP contribution < -0.4 is 5.32 Å². The number of Topliss-reactive ketones (excluding diaryl/α,β-unsaturated/α-hetero) is 1. The van der Waals surface area contributed by atoms with E-state index in [1.165, 1.54) is 6.92 Å². The lowest BCUT2D eigenvalue weighted by Gasteiger charge is -2.44. The van der Waals surface area contributed by atoms with Crippen LogP contribution in [-0.2, 0) is 22.5 Å². The first kappa shape index (κ1) is 33.9. The van der Waals surface area contributed by atoms with Gasteiger partial charge in [-0.3, -0.25) is 14.6 Å². The molecule has 4 aromatic carbocycles. The standard InChI is InChI=1S/C41H41N3O5/c1-28(46)32-12-9-16-36(25-32)43-40(47)33-13-8-14-34(24-33)41-48-37(26-44(2)23-21-35-15-6-7-22-42-35)38(30-10-4-3-5-11-30)39(49-41)31-19-17-29(27-45)18-20-31/h3-20,22,24-25,37-39,41,45H,21,23,26-27H2,1-2H3,(H,43,47). The first-order valence-electron chi connectivity index (χ1n) is 16.5. The Morgan fingerprint density at radius 1 is 0.796 bits per heavy atom. The average Bonchev–Trinajstić information content (AvgIpc) is 3.14. The van der Waals surface area contributed by atoms with Crippen LogP contribution in [0.15, 0.2) is 128 Å². The summed E-state index contributed by atoms with van der Waals surface area (Å²) in [5, 5.41) is 12.6. The molecule has 0 aliphatic carbocycles. The third-order valence-corrected chi connectivity index (χ3v) is 8.89. The van der Waals surface area contributed by atoms with Crippen molar-refractivity contribution in [2.75, 3.05) is 25.5 Å². The van der Waals surface area contributed by atoms with Crippen LogP contribution in [0, 0.1) is 0 Å². The molecule has 0 radical (unpaired) electrons. The number of ether oxygens (including phenoxy) is 2. The van der Waals surface area contributed by atoms with Gasteiger partial charge >= 0.3 is 0 Å². The van der Waals surface area contributed by atoms with Gasteiger partial charge in [0.1, 0.15) is 0 Å². The van der Waals surface area contributed by atoms with Gasteiger partial charge in [0.2, 0.25) is 0 Å². The molecule has 5 aromatic rings. The van der Waals surface area contributed by atoms with Crippen LogP contribution in [0.4, 0.5) is 5.69 Å². The molecule has 1 amide bonds. The van der Waals surface area contributed by atoms with Crippen LogP contribution in [0.3, 0.4) is 0 Å². The molecule has 2 heterocycles. The van der Waals surface area contributed by atoms with Gasteiger partial charge in [-0.1, -0.05) is 84.9 Å². The van der Waals surface area contributed by atoms with Crippen molar-refractivity contribution in [3.05, 3.63) is 167 Å². The van der Waals surface area contributed by atoms with Gasteiger partial charge in [-0.2, -0.15) is 0 Å². The Kier molecular flexibility index (Phi) is 11.0. The van der Waals surface area contributed by atoms with Crippen LogP contribution in [0.2, 0.25) is 0 Å². The molecule has 1 aromatic heterocycles. The molecule has 4 atom stereocenters. The minimum absolute atomic E-state index is 0.0444. The van der Waals surface area contributed by atoms with E-state index in [-0.39, 0.29) is 36.4 Å². The summed E-state index contributed by atoms with van der Waals surface area (Å²) in [5.41, 5.74) is 6.15. The van der Waals surface area contributed by atoms with Crippen molar-refractivity contribution in [3.63, 3.8) is 0 Å². The van der Waals surface area contributed by atoms with Gasteiger partial charge in [0.05, 0.1) is 18.8 Å². The SMILES string of the molecule is CC(=O)c1cccc(NC(=O)c2cccc(C3OC(CN(C)CCc4ccccn4)C(c4ccccc4)C(c4ccc(CO)cc4)O3)c2)c1. The van der Waals surface area contributed by atoms with Crippen molar-refractivity contribution < 1.29 is 24.2 Å². The molecule has 6 rings (SSSR count). The fourth-order valence-electron chi connectivity index (χ4n) is 6.26. The molecule has 0 saturated carbocycles. The number of benzene rings is 4. The summed E-state index contributed by atoms with van der Waals surface area (Å²) in [4.78, 5) is 32.0. The third kappa shape index (κ3) is 8.54. The van der Waals surface area contributed by atoms with Crippen molar-refractivity contribution in [1.29, 1.82) is 0 Å². The van der Waals surface area contributed by atoms with Crippen LogP contribution >= 0.6 is 0 Å². The number of nitrogens with zero attached hydrogens (tertiary/aromatic N) is 2. The molecule has 1 aliphatic rings. The van der Waals surface area contributed by atoms with E-state index in [0.717, 1.165) is 40.9 Å². The van der Waals surface area contributed by atoms with Crippen molar-refractivity contribution in [2.24, 2.45) is 0 Å². The number of amides is 1. The summed E-state index contributed by atoms with van der Waals surface area (Å²) < 4.78 is 13.7. The molecule has 0 bridgehead atoms. The molecule has 1 fully saturated rings. The van der Waals surface area contributed by atoms with Gasteiger partial charge in [0.15, 0.2) is 12.1 Å². The highest BCUT2D eigenvalue weighted by Gasteiger charge is 2.42. The second-order valence-electron chi connectivity index (χ2n) is 12.4. The largest absolute Gasteiger partial charge is 0.392 e. The maximum Gasteiger partial charge on any atom is 0.255 e. The number of carbonyl (C=O) groups is 2. The summed E-state index contributed by atoms with van der Waals surface area (Å²) >= 11 is 0. The first-order chi connectivity index (χ1) is 23.9. The quantitative estimate of drug-likeness (QED) is 0.138. The Morgan fingerprint density at radius 2 is 1.53 bits per heavy atom. The number of anilines is 1. The highest BCUT2D eigenvalue weighted by Crippen LogP contribution is 2.47. The second kappa shape index (κ2) is 15.9. The number of hydrogen-bond acceptors (Lipinski definition) is 7. The molecule has 0 spiro atoms. The monoisotopic (exact) mass is 655 g/mol. The Hall–Kier alpha value is -4.99. The van der Waals surface area contributed by atoms with Crippen LogP contribution in [0.1, 0.15) is 73.9 Å². The number of likely N-dealkylation sites (N-methyl/N-ethyl adjacent to an activating group) is 1. The Labute approximate surface area is 287 Å². The van der Waals surface area contributed by atoms with E-state index in [9.17, 15) is 14.7 Å². The van der Waals surface area contributed by atoms with Crippen LogP contribution in [-0.4, -0.2) is 52.9 Å². The molecule has 2 N–H and O–H groups in total. The zero-order chi connectivity index (χ0) is 34.2. The van der Waals surface area contributed by atoms with E-state index in [0.29, 0.717) is 23.4 Å². The number of aromatic nitrogens is 1. The van der Waals surface area contributed by atoms with Gasteiger partial charge < -0.3 is 24.8 Å². The normalized spacial score (nSPS) is 19.0. The van der Waals surface area contributed by atoms with Crippen LogP contribution in [0.25, 0.3) is 0 Å². The maximum absolute atomic E-state index is 13.4. The molecular formula is C41H41N3O5. The number of carbonyl (C=O) groups excluding carboxylic acids is 2. The molecule has 4 unspecified atom stereocenters. The van der Waals surface area contributed by atoms with Gasteiger partial charge in [-0.05, 0) is 67.1 Å². The topological polar surface area (TPSA) is 101 Å². The number of aliphatic hydroxyl groups is 1. The maximum atomic E-state index is 13.4.